The number of fused-ring (bicyclic) bond motifs is 1. The van der Waals surface area contributed by atoms with Gasteiger partial charge in [-0.1, -0.05) is 11.6 Å². The van der Waals surface area contributed by atoms with Crippen LogP contribution in [0.3, 0.4) is 0 Å². The maximum atomic E-state index is 6.11. The molecule has 30 heavy (non-hydrogen) atoms. The third-order valence-electron chi connectivity index (χ3n) is 5.94. The van der Waals surface area contributed by atoms with E-state index in [1.165, 1.54) is 30.4 Å². The Balaban J connectivity index is 1.68. The zero-order valence-corrected chi connectivity index (χ0v) is 18.4. The molecular weight excluding hydrogens is 387 g/mol. The van der Waals surface area contributed by atoms with Crippen LogP contribution in [-0.2, 0) is 12.8 Å². The first kappa shape index (κ1) is 20.9. The number of rotatable bonds is 6. The molecule has 4 rings (SSSR count). The maximum absolute atomic E-state index is 6.11. The molecule has 0 bridgehead atoms. The van der Waals surface area contributed by atoms with Gasteiger partial charge in [0.25, 0.3) is 0 Å². The molecule has 1 aromatic heterocycles. The molecule has 4 heteroatoms. The van der Waals surface area contributed by atoms with Gasteiger partial charge in [-0.3, -0.25) is 0 Å². The molecule has 0 unspecified atom stereocenters. The van der Waals surface area contributed by atoms with Gasteiger partial charge >= 0.3 is 169 Å². The van der Waals surface area contributed by atoms with Crippen molar-refractivity contribution in [1.82, 2.24) is 9.88 Å². The van der Waals surface area contributed by atoms with E-state index in [0.717, 1.165) is 64.3 Å². The van der Waals surface area contributed by atoms with Crippen molar-refractivity contribution in [2.24, 2.45) is 0 Å². The Kier molecular flexibility index (Phi) is 6.39. The molecule has 1 fully saturated rings. The van der Waals surface area contributed by atoms with Gasteiger partial charge in [-0.05, 0) is 0 Å². The summed E-state index contributed by atoms with van der Waals surface area (Å²) in [6.07, 6.45) is 5.70. The van der Waals surface area contributed by atoms with Crippen molar-refractivity contribution >= 4 is 41.2 Å². The molecular formula is C26H27BClN2. The van der Waals surface area contributed by atoms with E-state index >= 15 is 0 Å². The fourth-order valence-corrected chi connectivity index (χ4v) is 4.27. The van der Waals surface area contributed by atoms with Crippen molar-refractivity contribution in [3.8, 4) is 0 Å². The number of hydrogen-bond donors (Lipinski definition) is 0. The van der Waals surface area contributed by atoms with Gasteiger partial charge in [-0.15, -0.1) is 0 Å². The molecule has 1 aliphatic heterocycles. The SMILES string of the molecule is [B]=C(C)c1cc(C(=C)N2CCCCC2)c2cc(CCc3ccc(Cl)cc3)ccc2n1. The molecule has 2 nitrogen and oxygen atoms in total. The van der Waals surface area contributed by atoms with Crippen LogP contribution >= 0.6 is 11.6 Å². The van der Waals surface area contributed by atoms with Gasteiger partial charge in [-0.25, -0.2) is 0 Å². The fraction of sp³-hybridized carbons (Fsp3) is 0.308. The molecule has 0 atom stereocenters. The van der Waals surface area contributed by atoms with Crippen molar-refractivity contribution < 1.29 is 0 Å². The number of piperidine rings is 1. The number of nitrogens with zero attached hydrogens (tertiary/aromatic N) is 2. The normalized spacial score (nSPS) is 14.1. The Labute approximate surface area is 185 Å². The predicted molar refractivity (Wildman–Crippen MR) is 131 cm³/mol. The first-order valence-electron chi connectivity index (χ1n) is 10.7. The van der Waals surface area contributed by atoms with Crippen LogP contribution in [0, 0.1) is 0 Å². The average molecular weight is 414 g/mol. The quantitative estimate of drug-likeness (QED) is 0.472. The molecule has 0 amide bonds. The van der Waals surface area contributed by atoms with Crippen LogP contribution in [-0.4, -0.2) is 35.9 Å². The minimum absolute atomic E-state index is 0.733. The Hall–Kier alpha value is -2.39. The predicted octanol–water partition coefficient (Wildman–Crippen LogP) is 5.84. The van der Waals surface area contributed by atoms with Gasteiger partial charge in [-0.2, -0.15) is 0 Å². The van der Waals surface area contributed by atoms with Crippen LogP contribution < -0.4 is 0 Å². The number of aromatic nitrogens is 1. The molecule has 1 aliphatic rings. The molecule has 3 aromatic rings. The summed E-state index contributed by atoms with van der Waals surface area (Å²) in [5.41, 5.74) is 7.36. The molecule has 0 spiro atoms. The van der Waals surface area contributed by atoms with Gasteiger partial charge in [0.2, 0.25) is 0 Å². The zero-order valence-electron chi connectivity index (χ0n) is 17.6. The Morgan fingerprint density at radius 3 is 2.37 bits per heavy atom. The summed E-state index contributed by atoms with van der Waals surface area (Å²) in [5.74, 6) is 0. The van der Waals surface area contributed by atoms with E-state index in [1.54, 1.807) is 0 Å². The molecule has 2 aromatic carbocycles. The number of benzene rings is 2. The van der Waals surface area contributed by atoms with Crippen LogP contribution in [0.4, 0.5) is 0 Å². The van der Waals surface area contributed by atoms with Gasteiger partial charge in [0.05, 0.1) is 0 Å². The van der Waals surface area contributed by atoms with E-state index < -0.39 is 0 Å². The van der Waals surface area contributed by atoms with Crippen LogP contribution in [0.5, 0.6) is 0 Å². The fourth-order valence-electron chi connectivity index (χ4n) is 4.14. The van der Waals surface area contributed by atoms with Crippen LogP contribution in [0.25, 0.3) is 16.6 Å². The second-order valence-electron chi connectivity index (χ2n) is 8.21. The molecule has 0 saturated carbocycles. The van der Waals surface area contributed by atoms with E-state index in [2.05, 4.69) is 47.9 Å². The summed E-state index contributed by atoms with van der Waals surface area (Å²) < 4.78 is 0. The second kappa shape index (κ2) is 9.18. The van der Waals surface area contributed by atoms with E-state index in [-0.39, 0.29) is 0 Å². The number of aryl methyl sites for hydroxylation is 2. The van der Waals surface area contributed by atoms with Crippen LogP contribution in [0.1, 0.15) is 48.6 Å². The molecule has 1 radical (unpaired) electrons. The van der Waals surface area contributed by atoms with Gasteiger partial charge in [0.1, 0.15) is 0 Å². The molecule has 2 heterocycles. The molecule has 151 valence electrons. The first-order chi connectivity index (χ1) is 14.5. The average Bonchev–Trinajstić information content (AvgIpc) is 2.78. The van der Waals surface area contributed by atoms with Crippen LogP contribution in [0.2, 0.25) is 5.02 Å². The molecule has 0 aliphatic carbocycles. The third kappa shape index (κ3) is 4.68. The van der Waals surface area contributed by atoms with E-state index in [1.807, 2.05) is 19.1 Å². The topological polar surface area (TPSA) is 16.1 Å². The van der Waals surface area contributed by atoms with Crippen molar-refractivity contribution in [2.75, 3.05) is 13.1 Å². The summed E-state index contributed by atoms with van der Waals surface area (Å²) in [6, 6.07) is 16.8. The van der Waals surface area contributed by atoms with Gasteiger partial charge in [0.15, 0.2) is 0 Å². The van der Waals surface area contributed by atoms with Gasteiger partial charge < -0.3 is 0 Å². The van der Waals surface area contributed by atoms with Crippen molar-refractivity contribution in [3.63, 3.8) is 0 Å². The van der Waals surface area contributed by atoms with E-state index in [0.29, 0.717) is 0 Å². The van der Waals surface area contributed by atoms with Crippen molar-refractivity contribution in [1.29, 1.82) is 0 Å². The van der Waals surface area contributed by atoms with E-state index in [9.17, 15) is 0 Å². The van der Waals surface area contributed by atoms with Crippen LogP contribution in [0.15, 0.2) is 55.1 Å². The zero-order chi connectivity index (χ0) is 21.1. The Morgan fingerprint density at radius 1 is 1.00 bits per heavy atom. The summed E-state index contributed by atoms with van der Waals surface area (Å²) >= 11 is 6.01. The number of hydrogen-bond acceptors (Lipinski definition) is 2. The van der Waals surface area contributed by atoms with E-state index in [4.69, 9.17) is 24.1 Å². The third-order valence-corrected chi connectivity index (χ3v) is 6.19. The monoisotopic (exact) mass is 413 g/mol. The first-order valence-corrected chi connectivity index (χ1v) is 11.1. The Bertz CT molecular complexity index is 1080. The molecule has 0 N–H and O–H groups in total. The summed E-state index contributed by atoms with van der Waals surface area (Å²) in [5, 5.41) is 1.93. The number of pyridine rings is 1. The van der Waals surface area contributed by atoms with Crippen molar-refractivity contribution in [2.45, 2.75) is 39.0 Å². The standard InChI is InChI=1S/C26H27BClN2/c1-18(27)26-17-23(19(2)30-14-4-3-5-15-30)24-16-21(10-13-25(24)29-26)7-6-20-8-11-22(28)12-9-20/h8-13,16-17H,2-7,14-15H2,1H3. The second-order valence-corrected chi connectivity index (χ2v) is 8.65. The van der Waals surface area contributed by atoms with Gasteiger partial charge in [0, 0.05) is 5.02 Å². The Morgan fingerprint density at radius 2 is 1.67 bits per heavy atom. The van der Waals surface area contributed by atoms with Crippen molar-refractivity contribution in [3.05, 3.63) is 82.5 Å². The summed E-state index contributed by atoms with van der Waals surface area (Å²) in [6.45, 7) is 8.51. The number of likely N-dealkylation sites (tertiary alicyclic amines) is 1. The summed E-state index contributed by atoms with van der Waals surface area (Å²) in [4.78, 5) is 7.21. The molecule has 1 saturated heterocycles. The summed E-state index contributed by atoms with van der Waals surface area (Å²) in [7, 11) is 6.11. The number of halogens is 1. The minimum atomic E-state index is 0.733.